The first-order chi connectivity index (χ1) is 12.5. The standard InChI is InChI=1S/C17H16N6O2S/c18-15(24)13-10-4-5-12-11(14(10)26-16(13)22-17(19)25)7-21-23(12)8-9-3-1-2-6-20-9/h1-3,6-7H,4-5,8H2,(H2,18,24)(H3,19,22,25). The summed E-state index contributed by atoms with van der Waals surface area (Å²) in [6.07, 6.45) is 4.91. The van der Waals surface area contributed by atoms with Crippen LogP contribution in [0.2, 0.25) is 0 Å². The number of nitrogens with zero attached hydrogens (tertiary/aromatic N) is 3. The van der Waals surface area contributed by atoms with Crippen molar-refractivity contribution < 1.29 is 9.59 Å². The van der Waals surface area contributed by atoms with Gasteiger partial charge in [0.15, 0.2) is 0 Å². The third-order valence-electron chi connectivity index (χ3n) is 4.33. The summed E-state index contributed by atoms with van der Waals surface area (Å²) in [5, 5.41) is 7.39. The number of pyridine rings is 1. The van der Waals surface area contributed by atoms with Crippen molar-refractivity contribution in [2.24, 2.45) is 11.5 Å². The van der Waals surface area contributed by atoms with E-state index in [9.17, 15) is 9.59 Å². The lowest BCUT2D eigenvalue weighted by Crippen LogP contribution is -2.22. The smallest absolute Gasteiger partial charge is 0.317 e. The van der Waals surface area contributed by atoms with Crippen LogP contribution in [0.4, 0.5) is 9.80 Å². The number of nitrogens with two attached hydrogens (primary N) is 2. The quantitative estimate of drug-likeness (QED) is 0.648. The lowest BCUT2D eigenvalue weighted by molar-refractivity contribution is 0.100. The second-order valence-electron chi connectivity index (χ2n) is 5.95. The largest absolute Gasteiger partial charge is 0.365 e. The van der Waals surface area contributed by atoms with E-state index in [4.69, 9.17) is 11.5 Å². The van der Waals surface area contributed by atoms with E-state index in [1.807, 2.05) is 22.9 Å². The van der Waals surface area contributed by atoms with Gasteiger partial charge in [0.1, 0.15) is 5.00 Å². The van der Waals surface area contributed by atoms with Crippen LogP contribution in [0.25, 0.3) is 10.4 Å². The zero-order chi connectivity index (χ0) is 18.3. The number of hydrogen-bond donors (Lipinski definition) is 3. The molecule has 1 aliphatic rings. The molecule has 4 rings (SSSR count). The molecule has 5 N–H and O–H groups in total. The Morgan fingerprint density at radius 1 is 1.27 bits per heavy atom. The molecule has 3 aromatic heterocycles. The molecule has 8 nitrogen and oxygen atoms in total. The summed E-state index contributed by atoms with van der Waals surface area (Å²) < 4.78 is 1.92. The normalized spacial score (nSPS) is 12.3. The van der Waals surface area contributed by atoms with Crippen LogP contribution >= 0.6 is 11.3 Å². The summed E-state index contributed by atoms with van der Waals surface area (Å²) in [5.41, 5.74) is 14.9. The van der Waals surface area contributed by atoms with Gasteiger partial charge in [0.25, 0.3) is 5.91 Å². The molecule has 0 saturated carbocycles. The van der Waals surface area contributed by atoms with Crippen LogP contribution in [-0.2, 0) is 19.4 Å². The maximum Gasteiger partial charge on any atom is 0.317 e. The summed E-state index contributed by atoms with van der Waals surface area (Å²) in [6.45, 7) is 0.575. The summed E-state index contributed by atoms with van der Waals surface area (Å²) in [5.74, 6) is -0.574. The molecule has 3 amide bonds. The number of thiophene rings is 1. The van der Waals surface area contributed by atoms with Crippen molar-refractivity contribution in [3.8, 4) is 10.4 Å². The second kappa shape index (κ2) is 6.26. The Balaban J connectivity index is 1.76. The van der Waals surface area contributed by atoms with Crippen molar-refractivity contribution in [2.75, 3.05) is 5.32 Å². The van der Waals surface area contributed by atoms with Crippen LogP contribution in [0, 0.1) is 0 Å². The van der Waals surface area contributed by atoms with Crippen molar-refractivity contribution in [1.29, 1.82) is 0 Å². The molecule has 0 atom stereocenters. The minimum Gasteiger partial charge on any atom is -0.365 e. The first-order valence-corrected chi connectivity index (χ1v) is 8.83. The van der Waals surface area contributed by atoms with E-state index >= 15 is 0 Å². The van der Waals surface area contributed by atoms with E-state index in [1.54, 1.807) is 12.4 Å². The number of aromatic nitrogens is 3. The highest BCUT2D eigenvalue weighted by Gasteiger charge is 2.29. The van der Waals surface area contributed by atoms with Gasteiger partial charge in [-0.2, -0.15) is 5.10 Å². The third-order valence-corrected chi connectivity index (χ3v) is 5.51. The first kappa shape index (κ1) is 16.3. The molecule has 0 aliphatic heterocycles. The van der Waals surface area contributed by atoms with E-state index in [0.717, 1.165) is 33.8 Å². The molecule has 0 unspecified atom stereocenters. The molecule has 0 saturated heterocycles. The van der Waals surface area contributed by atoms with E-state index in [0.29, 0.717) is 23.5 Å². The second-order valence-corrected chi connectivity index (χ2v) is 6.97. The predicted molar refractivity (Wildman–Crippen MR) is 98.0 cm³/mol. The molecule has 0 bridgehead atoms. The fourth-order valence-electron chi connectivity index (χ4n) is 3.27. The first-order valence-electron chi connectivity index (χ1n) is 8.01. The fraction of sp³-hybridized carbons (Fsp3) is 0.176. The number of urea groups is 1. The van der Waals surface area contributed by atoms with Gasteiger partial charge in [-0.3, -0.25) is 19.8 Å². The fourth-order valence-corrected chi connectivity index (χ4v) is 4.56. The van der Waals surface area contributed by atoms with Gasteiger partial charge >= 0.3 is 6.03 Å². The predicted octanol–water partition coefficient (Wildman–Crippen LogP) is 1.74. The average molecular weight is 368 g/mol. The Labute approximate surface area is 152 Å². The molecule has 9 heteroatoms. The lowest BCUT2D eigenvalue weighted by atomic mass is 9.93. The monoisotopic (exact) mass is 368 g/mol. The Morgan fingerprint density at radius 3 is 2.81 bits per heavy atom. The molecule has 0 fully saturated rings. The number of fused-ring (bicyclic) bond motifs is 3. The van der Waals surface area contributed by atoms with Gasteiger partial charge in [-0.05, 0) is 30.5 Å². The Hall–Kier alpha value is -3.20. The Kier molecular flexibility index (Phi) is 3.92. The number of amides is 3. The molecule has 0 aromatic carbocycles. The maximum absolute atomic E-state index is 11.9. The summed E-state index contributed by atoms with van der Waals surface area (Å²) in [4.78, 5) is 28.4. The third kappa shape index (κ3) is 2.72. The molecular weight excluding hydrogens is 352 g/mol. The zero-order valence-corrected chi connectivity index (χ0v) is 14.5. The highest BCUT2D eigenvalue weighted by molar-refractivity contribution is 7.20. The Morgan fingerprint density at radius 2 is 2.12 bits per heavy atom. The molecular formula is C17H16N6O2S. The number of carbonyl (C=O) groups is 2. The topological polar surface area (TPSA) is 129 Å². The van der Waals surface area contributed by atoms with Gasteiger partial charge in [-0.1, -0.05) is 6.07 Å². The minimum atomic E-state index is -0.725. The van der Waals surface area contributed by atoms with Crippen molar-refractivity contribution >= 4 is 28.3 Å². The summed E-state index contributed by atoms with van der Waals surface area (Å²) >= 11 is 1.30. The van der Waals surface area contributed by atoms with Crippen LogP contribution in [-0.4, -0.2) is 26.7 Å². The molecule has 0 radical (unpaired) electrons. The minimum absolute atomic E-state index is 0.340. The molecule has 0 spiro atoms. The number of carbonyl (C=O) groups excluding carboxylic acids is 2. The summed E-state index contributed by atoms with van der Waals surface area (Å²) in [7, 11) is 0. The van der Waals surface area contributed by atoms with Crippen LogP contribution in [0.15, 0.2) is 30.6 Å². The van der Waals surface area contributed by atoms with Gasteiger partial charge in [0, 0.05) is 22.3 Å². The van der Waals surface area contributed by atoms with Crippen molar-refractivity contribution in [3.63, 3.8) is 0 Å². The number of hydrogen-bond acceptors (Lipinski definition) is 5. The lowest BCUT2D eigenvalue weighted by Gasteiger charge is -2.15. The van der Waals surface area contributed by atoms with E-state index in [2.05, 4.69) is 15.4 Å². The van der Waals surface area contributed by atoms with Gasteiger partial charge in [-0.25, -0.2) is 4.79 Å². The van der Waals surface area contributed by atoms with E-state index in [1.165, 1.54) is 11.3 Å². The van der Waals surface area contributed by atoms with Crippen LogP contribution < -0.4 is 16.8 Å². The number of rotatable bonds is 4. The molecule has 3 heterocycles. The summed E-state index contributed by atoms with van der Waals surface area (Å²) in [6, 6.07) is 5.04. The molecule has 3 aromatic rings. The molecule has 132 valence electrons. The highest BCUT2D eigenvalue weighted by Crippen LogP contribution is 2.45. The SMILES string of the molecule is NC(=O)Nc1sc2c(c1C(N)=O)CCc1c-2cnn1Cc1ccccn1. The average Bonchev–Trinajstić information content (AvgIpc) is 3.16. The molecule has 26 heavy (non-hydrogen) atoms. The van der Waals surface area contributed by atoms with Crippen molar-refractivity contribution in [1.82, 2.24) is 14.8 Å². The van der Waals surface area contributed by atoms with E-state index < -0.39 is 11.9 Å². The maximum atomic E-state index is 11.9. The zero-order valence-electron chi connectivity index (χ0n) is 13.7. The van der Waals surface area contributed by atoms with Gasteiger partial charge < -0.3 is 11.5 Å². The van der Waals surface area contributed by atoms with Crippen LogP contribution in [0.3, 0.4) is 0 Å². The number of nitrogens with one attached hydrogen (secondary N) is 1. The van der Waals surface area contributed by atoms with Crippen molar-refractivity contribution in [3.05, 3.63) is 53.1 Å². The highest BCUT2D eigenvalue weighted by atomic mass is 32.1. The van der Waals surface area contributed by atoms with Crippen LogP contribution in [0.5, 0.6) is 0 Å². The van der Waals surface area contributed by atoms with Gasteiger partial charge in [0.2, 0.25) is 0 Å². The number of primary amides is 2. The van der Waals surface area contributed by atoms with Crippen molar-refractivity contribution in [2.45, 2.75) is 19.4 Å². The Bertz CT molecular complexity index is 1010. The number of anilines is 1. The van der Waals surface area contributed by atoms with Gasteiger partial charge in [-0.15, -0.1) is 11.3 Å². The van der Waals surface area contributed by atoms with Gasteiger partial charge in [0.05, 0.1) is 24.0 Å². The van der Waals surface area contributed by atoms with E-state index in [-0.39, 0.29) is 0 Å². The molecule has 1 aliphatic carbocycles. The van der Waals surface area contributed by atoms with Crippen LogP contribution in [0.1, 0.15) is 27.3 Å².